The highest BCUT2D eigenvalue weighted by molar-refractivity contribution is 5.40. The molecule has 0 radical (unpaired) electrons. The van der Waals surface area contributed by atoms with Crippen molar-refractivity contribution >= 4 is 5.69 Å². The summed E-state index contributed by atoms with van der Waals surface area (Å²) < 4.78 is 1.99. The third-order valence-electron chi connectivity index (χ3n) is 2.88. The Balaban J connectivity index is 1.90. The predicted octanol–water partition coefficient (Wildman–Crippen LogP) is 2.67. The molecule has 3 nitrogen and oxygen atoms in total. The lowest BCUT2D eigenvalue weighted by Crippen LogP contribution is -2.33. The highest BCUT2D eigenvalue weighted by Gasteiger charge is 2.25. The molecule has 0 atom stereocenters. The minimum absolute atomic E-state index is 0.450. The molecular formula is C11H19N3. The number of nitrogens with one attached hydrogen (secondary N) is 1. The number of aromatic nitrogens is 2. The van der Waals surface area contributed by atoms with Gasteiger partial charge in [-0.3, -0.25) is 4.68 Å². The Labute approximate surface area is 85.5 Å². The molecule has 0 aromatic carbocycles. The fraction of sp³-hybridized carbons (Fsp3) is 0.727. The molecule has 1 aliphatic rings. The van der Waals surface area contributed by atoms with Crippen LogP contribution in [0.1, 0.15) is 39.7 Å². The van der Waals surface area contributed by atoms with Crippen molar-refractivity contribution in [3.63, 3.8) is 0 Å². The van der Waals surface area contributed by atoms with E-state index in [0.717, 1.165) is 11.6 Å². The van der Waals surface area contributed by atoms with Crippen molar-refractivity contribution < 1.29 is 0 Å². The normalized spacial score (nSPS) is 26.3. The lowest BCUT2D eigenvalue weighted by molar-refractivity contribution is 0.309. The van der Waals surface area contributed by atoms with Gasteiger partial charge in [0.05, 0.1) is 11.9 Å². The van der Waals surface area contributed by atoms with Crippen LogP contribution in [-0.4, -0.2) is 15.8 Å². The van der Waals surface area contributed by atoms with Crippen LogP contribution in [-0.2, 0) is 0 Å². The van der Waals surface area contributed by atoms with E-state index in [2.05, 4.69) is 37.4 Å². The summed E-state index contributed by atoms with van der Waals surface area (Å²) in [6, 6.07) is 1.13. The van der Waals surface area contributed by atoms with E-state index in [4.69, 9.17) is 0 Å². The second-order valence-electron chi connectivity index (χ2n) is 4.72. The first-order chi connectivity index (χ1) is 6.65. The molecule has 1 aromatic heterocycles. The van der Waals surface area contributed by atoms with Gasteiger partial charge >= 0.3 is 0 Å². The van der Waals surface area contributed by atoms with E-state index >= 15 is 0 Å². The molecule has 78 valence electrons. The Hall–Kier alpha value is -0.990. The lowest BCUT2D eigenvalue weighted by atomic mass is 9.82. The zero-order valence-corrected chi connectivity index (χ0v) is 9.20. The van der Waals surface area contributed by atoms with Crippen LogP contribution in [0.5, 0.6) is 0 Å². The van der Waals surface area contributed by atoms with Crippen LogP contribution in [0, 0.1) is 5.92 Å². The molecule has 0 spiro atoms. The first-order valence-electron chi connectivity index (χ1n) is 5.46. The summed E-state index contributed by atoms with van der Waals surface area (Å²) in [6.07, 6.45) is 6.61. The minimum Gasteiger partial charge on any atom is -0.380 e. The summed E-state index contributed by atoms with van der Waals surface area (Å²) >= 11 is 0. The average Bonchev–Trinajstić information content (AvgIpc) is 2.50. The number of hydrogen-bond acceptors (Lipinski definition) is 2. The maximum Gasteiger partial charge on any atom is 0.0728 e. The van der Waals surface area contributed by atoms with Crippen molar-refractivity contribution in [2.45, 2.75) is 45.7 Å². The Bertz CT molecular complexity index is 297. The smallest absolute Gasteiger partial charge is 0.0728 e. The molecule has 0 bridgehead atoms. The van der Waals surface area contributed by atoms with E-state index in [9.17, 15) is 0 Å². The Morgan fingerprint density at radius 2 is 2.21 bits per heavy atom. The molecule has 1 aliphatic carbocycles. The molecule has 2 rings (SSSR count). The molecule has 1 fully saturated rings. The molecule has 0 unspecified atom stereocenters. The van der Waals surface area contributed by atoms with E-state index < -0.39 is 0 Å². The number of anilines is 1. The minimum atomic E-state index is 0.450. The van der Waals surface area contributed by atoms with Crippen LogP contribution in [0.15, 0.2) is 12.4 Å². The number of nitrogens with zero attached hydrogens (tertiary/aromatic N) is 2. The summed E-state index contributed by atoms with van der Waals surface area (Å²) in [5.74, 6) is 0.896. The van der Waals surface area contributed by atoms with Gasteiger partial charge in [-0.05, 0) is 32.6 Å². The van der Waals surface area contributed by atoms with Crippen molar-refractivity contribution in [2.24, 2.45) is 5.92 Å². The van der Waals surface area contributed by atoms with E-state index in [-0.39, 0.29) is 0 Å². The second kappa shape index (κ2) is 3.64. The molecular weight excluding hydrogens is 174 g/mol. The SMILES string of the molecule is CC1CC(Nc2cnn(C(C)C)c2)C1. The Kier molecular flexibility index (Phi) is 2.48. The largest absolute Gasteiger partial charge is 0.380 e. The van der Waals surface area contributed by atoms with Gasteiger partial charge in [-0.1, -0.05) is 6.92 Å². The Morgan fingerprint density at radius 3 is 2.71 bits per heavy atom. The fourth-order valence-corrected chi connectivity index (χ4v) is 1.95. The van der Waals surface area contributed by atoms with Gasteiger partial charge in [0.1, 0.15) is 0 Å². The van der Waals surface area contributed by atoms with Crippen LogP contribution in [0.3, 0.4) is 0 Å². The van der Waals surface area contributed by atoms with Crippen LogP contribution in [0.25, 0.3) is 0 Å². The predicted molar refractivity (Wildman–Crippen MR) is 58.4 cm³/mol. The maximum absolute atomic E-state index is 4.30. The van der Waals surface area contributed by atoms with E-state index in [0.29, 0.717) is 12.1 Å². The number of rotatable bonds is 3. The van der Waals surface area contributed by atoms with Gasteiger partial charge in [0.25, 0.3) is 0 Å². The quantitative estimate of drug-likeness (QED) is 0.799. The monoisotopic (exact) mass is 193 g/mol. The summed E-state index contributed by atoms with van der Waals surface area (Å²) in [6.45, 7) is 6.58. The van der Waals surface area contributed by atoms with Gasteiger partial charge in [0, 0.05) is 18.3 Å². The third kappa shape index (κ3) is 1.91. The van der Waals surface area contributed by atoms with Gasteiger partial charge in [-0.15, -0.1) is 0 Å². The highest BCUT2D eigenvalue weighted by atomic mass is 15.3. The van der Waals surface area contributed by atoms with Crippen molar-refractivity contribution in [3.8, 4) is 0 Å². The van der Waals surface area contributed by atoms with Crippen molar-refractivity contribution in [2.75, 3.05) is 5.32 Å². The first kappa shape index (κ1) is 9.56. The van der Waals surface area contributed by atoms with Gasteiger partial charge in [0.15, 0.2) is 0 Å². The van der Waals surface area contributed by atoms with Crippen LogP contribution < -0.4 is 5.32 Å². The van der Waals surface area contributed by atoms with Gasteiger partial charge < -0.3 is 5.32 Å². The van der Waals surface area contributed by atoms with E-state index in [1.54, 1.807) is 0 Å². The van der Waals surface area contributed by atoms with E-state index in [1.165, 1.54) is 12.8 Å². The zero-order valence-electron chi connectivity index (χ0n) is 9.20. The summed E-state index contributed by atoms with van der Waals surface area (Å²) in [5.41, 5.74) is 1.16. The second-order valence-corrected chi connectivity index (χ2v) is 4.72. The van der Waals surface area contributed by atoms with Crippen LogP contribution in [0.4, 0.5) is 5.69 Å². The molecule has 0 saturated heterocycles. The van der Waals surface area contributed by atoms with Crippen LogP contribution in [0.2, 0.25) is 0 Å². The maximum atomic E-state index is 4.30. The van der Waals surface area contributed by atoms with Crippen molar-refractivity contribution in [1.82, 2.24) is 9.78 Å². The average molecular weight is 193 g/mol. The molecule has 1 saturated carbocycles. The first-order valence-corrected chi connectivity index (χ1v) is 5.46. The standard InChI is InChI=1S/C11H19N3/c1-8(2)14-7-11(6-12-14)13-10-4-9(3)5-10/h6-10,13H,4-5H2,1-3H3. The summed E-state index contributed by atoms with van der Waals surface area (Å²) in [5, 5.41) is 7.80. The van der Waals surface area contributed by atoms with Gasteiger partial charge in [-0.25, -0.2) is 0 Å². The van der Waals surface area contributed by atoms with Crippen molar-refractivity contribution in [1.29, 1.82) is 0 Å². The molecule has 1 N–H and O–H groups in total. The van der Waals surface area contributed by atoms with Gasteiger partial charge in [0.2, 0.25) is 0 Å². The van der Waals surface area contributed by atoms with Gasteiger partial charge in [-0.2, -0.15) is 5.10 Å². The summed E-state index contributed by atoms with van der Waals surface area (Å²) in [4.78, 5) is 0. The topological polar surface area (TPSA) is 29.9 Å². The molecule has 1 heterocycles. The highest BCUT2D eigenvalue weighted by Crippen LogP contribution is 2.29. The van der Waals surface area contributed by atoms with Crippen molar-refractivity contribution in [3.05, 3.63) is 12.4 Å². The lowest BCUT2D eigenvalue weighted by Gasteiger charge is -2.33. The Morgan fingerprint density at radius 1 is 1.50 bits per heavy atom. The third-order valence-corrected chi connectivity index (χ3v) is 2.88. The molecule has 1 aromatic rings. The molecule has 0 amide bonds. The summed E-state index contributed by atoms with van der Waals surface area (Å²) in [7, 11) is 0. The van der Waals surface area contributed by atoms with E-state index in [1.807, 2.05) is 10.9 Å². The fourth-order valence-electron chi connectivity index (χ4n) is 1.95. The molecule has 0 aliphatic heterocycles. The molecule has 14 heavy (non-hydrogen) atoms. The number of hydrogen-bond donors (Lipinski definition) is 1. The molecule has 3 heteroatoms. The van der Waals surface area contributed by atoms with Crippen LogP contribution >= 0.6 is 0 Å². The zero-order chi connectivity index (χ0) is 10.1.